The third kappa shape index (κ3) is 15.3. The molecule has 0 unspecified atom stereocenters. The number of nitriles is 2. The highest BCUT2D eigenvalue weighted by molar-refractivity contribution is 5.98. The molecular weight excluding hydrogens is 600 g/mol. The number of hydrogen-bond donors (Lipinski definition) is 4. The average molecular weight is 643 g/mol. The molecule has 0 saturated heterocycles. The molecule has 47 heavy (non-hydrogen) atoms. The zero-order chi connectivity index (χ0) is 34.3. The van der Waals surface area contributed by atoms with Gasteiger partial charge in [-0.1, -0.05) is 24.3 Å². The van der Waals surface area contributed by atoms with Crippen LogP contribution < -0.4 is 21.3 Å². The lowest BCUT2D eigenvalue weighted by Gasteiger charge is -2.09. The second-order valence-corrected chi connectivity index (χ2v) is 10.1. The number of amides is 2. The summed E-state index contributed by atoms with van der Waals surface area (Å²) in [6.45, 7) is 6.06. The Balaban J connectivity index is 1.53. The number of ether oxygens (including phenoxy) is 2. The van der Waals surface area contributed by atoms with Crippen molar-refractivity contribution >= 4 is 47.3 Å². The van der Waals surface area contributed by atoms with E-state index in [1.165, 1.54) is 12.2 Å². The first-order valence-electron chi connectivity index (χ1n) is 15.6. The van der Waals surface area contributed by atoms with Gasteiger partial charge in [0.25, 0.3) is 0 Å². The summed E-state index contributed by atoms with van der Waals surface area (Å²) in [5.41, 5.74) is 3.04. The van der Waals surface area contributed by atoms with Crippen molar-refractivity contribution in [2.75, 3.05) is 50.0 Å². The highest BCUT2D eigenvalue weighted by atomic mass is 16.5. The molecule has 0 saturated carbocycles. The summed E-state index contributed by atoms with van der Waals surface area (Å²) in [6.07, 6.45) is 5.39. The quantitative estimate of drug-likeness (QED) is 0.0702. The van der Waals surface area contributed by atoms with Crippen LogP contribution in [0.15, 0.2) is 59.7 Å². The van der Waals surface area contributed by atoms with Crippen LogP contribution in [0.25, 0.3) is 12.2 Å². The fourth-order valence-corrected chi connectivity index (χ4v) is 4.10. The molecule has 0 aliphatic rings. The first-order valence-corrected chi connectivity index (χ1v) is 15.6. The van der Waals surface area contributed by atoms with Gasteiger partial charge in [0, 0.05) is 50.4 Å². The molecule has 0 fully saturated rings. The van der Waals surface area contributed by atoms with Crippen molar-refractivity contribution in [1.82, 2.24) is 10.6 Å². The van der Waals surface area contributed by atoms with Gasteiger partial charge in [-0.3, -0.25) is 9.59 Å². The molecule has 2 aromatic carbocycles. The third-order valence-electron chi connectivity index (χ3n) is 6.49. The predicted molar refractivity (Wildman–Crippen MR) is 179 cm³/mol. The number of benzene rings is 2. The fraction of sp³-hybridized carbons (Fsp3) is 0.371. The van der Waals surface area contributed by atoms with Crippen LogP contribution in [0.4, 0.5) is 11.4 Å². The highest BCUT2D eigenvalue weighted by Gasteiger charge is 2.11. The van der Waals surface area contributed by atoms with E-state index in [9.17, 15) is 19.2 Å². The van der Waals surface area contributed by atoms with Crippen molar-refractivity contribution in [3.63, 3.8) is 0 Å². The van der Waals surface area contributed by atoms with Crippen LogP contribution in [0.3, 0.4) is 0 Å². The van der Waals surface area contributed by atoms with Gasteiger partial charge >= 0.3 is 11.9 Å². The Hall–Kier alpha value is -5.62. The molecule has 2 aromatic rings. The molecular formula is C35H42N6O6. The minimum atomic E-state index is -0.648. The van der Waals surface area contributed by atoms with E-state index in [1.54, 1.807) is 38.1 Å². The van der Waals surface area contributed by atoms with Crippen molar-refractivity contribution in [3.8, 4) is 12.1 Å². The van der Waals surface area contributed by atoms with Crippen LogP contribution in [0.2, 0.25) is 0 Å². The molecule has 0 spiro atoms. The Kier molecular flexibility index (Phi) is 17.6. The normalized spacial score (nSPS) is 11.0. The summed E-state index contributed by atoms with van der Waals surface area (Å²) in [4.78, 5) is 47.7. The molecule has 4 N–H and O–H groups in total. The van der Waals surface area contributed by atoms with E-state index in [0.29, 0.717) is 56.6 Å². The molecule has 2 rings (SSSR count). The zero-order valence-corrected chi connectivity index (χ0v) is 26.9. The molecule has 2 amide bonds. The summed E-state index contributed by atoms with van der Waals surface area (Å²) in [5, 5.41) is 30.5. The molecule has 0 bridgehead atoms. The average Bonchev–Trinajstić information content (AvgIpc) is 3.07. The van der Waals surface area contributed by atoms with Gasteiger partial charge in [0.05, 0.1) is 13.2 Å². The summed E-state index contributed by atoms with van der Waals surface area (Å²) in [5.74, 6) is -1.49. The Bertz CT molecular complexity index is 1360. The maximum atomic E-state index is 12.1. The first-order chi connectivity index (χ1) is 22.8. The Morgan fingerprint density at radius 3 is 1.34 bits per heavy atom. The Labute approximate surface area is 275 Å². The molecule has 0 heterocycles. The number of nitrogens with zero attached hydrogens (tertiary/aromatic N) is 2. The van der Waals surface area contributed by atoms with Crippen LogP contribution >= 0.6 is 0 Å². The van der Waals surface area contributed by atoms with Gasteiger partial charge < -0.3 is 30.7 Å². The van der Waals surface area contributed by atoms with Gasteiger partial charge in [-0.15, -0.1) is 0 Å². The van der Waals surface area contributed by atoms with Crippen molar-refractivity contribution in [2.45, 2.75) is 46.0 Å². The van der Waals surface area contributed by atoms with Crippen molar-refractivity contribution < 1.29 is 28.7 Å². The zero-order valence-electron chi connectivity index (χ0n) is 26.9. The van der Waals surface area contributed by atoms with Gasteiger partial charge in [0.15, 0.2) is 0 Å². The molecule has 12 heteroatoms. The van der Waals surface area contributed by atoms with Crippen LogP contribution in [0.5, 0.6) is 0 Å². The third-order valence-corrected chi connectivity index (χ3v) is 6.49. The smallest absolute Gasteiger partial charge is 0.348 e. The van der Waals surface area contributed by atoms with Crippen molar-refractivity contribution in [2.24, 2.45) is 0 Å². The fourth-order valence-electron chi connectivity index (χ4n) is 4.10. The van der Waals surface area contributed by atoms with E-state index in [-0.39, 0.29) is 49.0 Å². The van der Waals surface area contributed by atoms with Gasteiger partial charge in [-0.05, 0) is 80.7 Å². The van der Waals surface area contributed by atoms with Crippen LogP contribution in [0.1, 0.15) is 57.1 Å². The maximum Gasteiger partial charge on any atom is 0.348 e. The van der Waals surface area contributed by atoms with Gasteiger partial charge in [-0.2, -0.15) is 10.5 Å². The number of rotatable bonds is 20. The number of hydrogen-bond acceptors (Lipinski definition) is 10. The lowest BCUT2D eigenvalue weighted by molar-refractivity contribution is -0.138. The van der Waals surface area contributed by atoms with E-state index in [4.69, 9.17) is 20.0 Å². The minimum absolute atomic E-state index is 0.0602. The van der Waals surface area contributed by atoms with Gasteiger partial charge in [-0.25, -0.2) is 9.59 Å². The summed E-state index contributed by atoms with van der Waals surface area (Å²) in [6, 6.07) is 18.2. The molecule has 0 radical (unpaired) electrons. The first kappa shape index (κ1) is 37.6. The van der Waals surface area contributed by atoms with Gasteiger partial charge in [0.1, 0.15) is 23.3 Å². The van der Waals surface area contributed by atoms with E-state index in [0.717, 1.165) is 11.4 Å². The second kappa shape index (κ2) is 22.0. The summed E-state index contributed by atoms with van der Waals surface area (Å²) >= 11 is 0. The van der Waals surface area contributed by atoms with Crippen LogP contribution in [-0.4, -0.2) is 63.1 Å². The molecule has 0 atom stereocenters. The lowest BCUT2D eigenvalue weighted by Crippen LogP contribution is -2.27. The standard InChI is InChI=1S/C35H42N6O6/c1-3-46-34(44)28(24-36)22-26-10-14-30(15-11-26)38-18-6-20-40-32(42)8-5-9-33(43)41-21-7-19-39-31-16-12-27(13-17-31)23-29(25-37)35(45)47-4-2/h10-17,22-23,38-39H,3-9,18-21H2,1-2H3,(H,40,42)(H,41,43)/b28-22+,29-23+. The molecule has 248 valence electrons. The van der Waals surface area contributed by atoms with E-state index in [2.05, 4.69) is 21.3 Å². The molecule has 12 nitrogen and oxygen atoms in total. The van der Waals surface area contributed by atoms with Crippen LogP contribution in [-0.2, 0) is 28.7 Å². The maximum absolute atomic E-state index is 12.1. The molecule has 0 aliphatic carbocycles. The number of anilines is 2. The number of carbonyl (C=O) groups excluding carboxylic acids is 4. The second-order valence-electron chi connectivity index (χ2n) is 10.1. The number of nitrogens with one attached hydrogen (secondary N) is 4. The van der Waals surface area contributed by atoms with Crippen LogP contribution in [0, 0.1) is 22.7 Å². The van der Waals surface area contributed by atoms with Crippen molar-refractivity contribution in [1.29, 1.82) is 10.5 Å². The topological polar surface area (TPSA) is 182 Å². The SMILES string of the molecule is CCOC(=O)/C(C#N)=C/c1ccc(NCCCNC(=O)CCCC(=O)NCCCNc2ccc(/C=C(\C#N)C(=O)OCC)cc2)cc1. The number of carbonyl (C=O) groups is 4. The Morgan fingerprint density at radius 1 is 0.617 bits per heavy atom. The summed E-state index contributed by atoms with van der Waals surface area (Å²) in [7, 11) is 0. The lowest BCUT2D eigenvalue weighted by atomic mass is 10.1. The molecule has 0 aliphatic heterocycles. The highest BCUT2D eigenvalue weighted by Crippen LogP contribution is 2.14. The Morgan fingerprint density at radius 2 is 1.00 bits per heavy atom. The minimum Gasteiger partial charge on any atom is -0.462 e. The van der Waals surface area contributed by atoms with E-state index in [1.807, 2.05) is 36.4 Å². The largest absolute Gasteiger partial charge is 0.462 e. The van der Waals surface area contributed by atoms with Gasteiger partial charge in [0.2, 0.25) is 11.8 Å². The monoisotopic (exact) mass is 642 g/mol. The molecule has 0 aromatic heterocycles. The van der Waals surface area contributed by atoms with E-state index >= 15 is 0 Å². The predicted octanol–water partition coefficient (Wildman–Crippen LogP) is 4.33. The van der Waals surface area contributed by atoms with Crippen molar-refractivity contribution in [3.05, 3.63) is 70.8 Å². The number of esters is 2. The van der Waals surface area contributed by atoms with E-state index < -0.39 is 11.9 Å². The summed E-state index contributed by atoms with van der Waals surface area (Å²) < 4.78 is 9.72.